The van der Waals surface area contributed by atoms with Crippen LogP contribution in [0, 0.1) is 0 Å². The second-order valence-electron chi connectivity index (χ2n) is 4.81. The van der Waals surface area contributed by atoms with Gasteiger partial charge in [0.15, 0.2) is 0 Å². The van der Waals surface area contributed by atoms with Gasteiger partial charge in [0, 0.05) is 16.1 Å². The summed E-state index contributed by atoms with van der Waals surface area (Å²) >= 11 is 5.81. The van der Waals surface area contributed by atoms with E-state index < -0.39 is 0 Å². The van der Waals surface area contributed by atoms with Gasteiger partial charge >= 0.3 is 6.01 Å². The van der Waals surface area contributed by atoms with Crippen LogP contribution in [0.25, 0.3) is 11.4 Å². The average Bonchev–Trinajstić information content (AvgIpc) is 2.64. The zero-order valence-corrected chi connectivity index (χ0v) is 10.7. The summed E-state index contributed by atoms with van der Waals surface area (Å²) in [5.74, 6) is 0.549. The van der Waals surface area contributed by atoms with Crippen LogP contribution >= 0.6 is 11.6 Å². The van der Waals surface area contributed by atoms with E-state index in [2.05, 4.69) is 15.5 Å². The smallest absolute Gasteiger partial charge is 0.322 e. The van der Waals surface area contributed by atoms with Gasteiger partial charge in [-0.1, -0.05) is 16.8 Å². The van der Waals surface area contributed by atoms with E-state index in [0.29, 0.717) is 16.9 Å². The predicted molar refractivity (Wildman–Crippen MR) is 68.1 cm³/mol. The molecule has 0 bridgehead atoms. The highest BCUT2D eigenvalue weighted by Gasteiger charge is 2.15. The van der Waals surface area contributed by atoms with E-state index in [-0.39, 0.29) is 5.54 Å². The van der Waals surface area contributed by atoms with Crippen molar-refractivity contribution in [1.29, 1.82) is 0 Å². The molecule has 1 aromatic carbocycles. The number of halogens is 1. The molecule has 0 amide bonds. The fourth-order valence-corrected chi connectivity index (χ4v) is 1.44. The van der Waals surface area contributed by atoms with Crippen LogP contribution in [-0.2, 0) is 0 Å². The minimum absolute atomic E-state index is 0.107. The Labute approximate surface area is 105 Å². The molecule has 0 spiro atoms. The molecule has 4 nitrogen and oxygen atoms in total. The monoisotopic (exact) mass is 251 g/mol. The molecule has 0 fully saturated rings. The van der Waals surface area contributed by atoms with Crippen LogP contribution in [0.15, 0.2) is 28.8 Å². The van der Waals surface area contributed by atoms with Gasteiger partial charge in [0.1, 0.15) is 0 Å². The Morgan fingerprint density at radius 1 is 1.18 bits per heavy atom. The normalized spacial score (nSPS) is 11.5. The molecule has 0 saturated heterocycles. The molecule has 0 aliphatic heterocycles. The number of benzene rings is 1. The summed E-state index contributed by atoms with van der Waals surface area (Å²) in [6.45, 7) is 6.08. The largest absolute Gasteiger partial charge is 0.333 e. The van der Waals surface area contributed by atoms with Crippen LogP contribution in [0.4, 0.5) is 6.01 Å². The Morgan fingerprint density at radius 2 is 1.82 bits per heavy atom. The fraction of sp³-hybridized carbons (Fsp3) is 0.333. The maximum absolute atomic E-state index is 5.81. The van der Waals surface area contributed by atoms with Crippen LogP contribution in [0.1, 0.15) is 20.8 Å². The summed E-state index contributed by atoms with van der Waals surface area (Å²) in [6, 6.07) is 7.72. The second kappa shape index (κ2) is 4.37. The summed E-state index contributed by atoms with van der Waals surface area (Å²) in [6.07, 6.45) is 0. The van der Waals surface area contributed by atoms with E-state index in [1.54, 1.807) is 12.1 Å². The van der Waals surface area contributed by atoms with Crippen molar-refractivity contribution >= 4 is 17.6 Å². The summed E-state index contributed by atoms with van der Waals surface area (Å²) in [5.41, 5.74) is 0.768. The van der Waals surface area contributed by atoms with Crippen molar-refractivity contribution in [3.8, 4) is 11.4 Å². The predicted octanol–water partition coefficient (Wildman–Crippen LogP) is 3.60. The molecule has 0 saturated carbocycles. The Balaban J connectivity index is 2.21. The van der Waals surface area contributed by atoms with E-state index in [4.69, 9.17) is 16.1 Å². The Kier molecular flexibility index (Phi) is 3.07. The van der Waals surface area contributed by atoms with Gasteiger partial charge in [0.05, 0.1) is 0 Å². The fourth-order valence-electron chi connectivity index (χ4n) is 1.31. The maximum atomic E-state index is 5.81. The van der Waals surface area contributed by atoms with Crippen LogP contribution in [0.2, 0.25) is 5.02 Å². The lowest BCUT2D eigenvalue weighted by molar-refractivity contribution is 0.420. The van der Waals surface area contributed by atoms with Gasteiger partial charge in [-0.05, 0) is 45.0 Å². The van der Waals surface area contributed by atoms with E-state index in [1.165, 1.54) is 0 Å². The van der Waals surface area contributed by atoms with Gasteiger partial charge in [-0.15, -0.1) is 0 Å². The van der Waals surface area contributed by atoms with Crippen molar-refractivity contribution in [3.05, 3.63) is 29.3 Å². The molecule has 0 radical (unpaired) electrons. The topological polar surface area (TPSA) is 51.0 Å². The molecule has 1 aromatic heterocycles. The third-order valence-corrected chi connectivity index (χ3v) is 2.26. The average molecular weight is 252 g/mol. The molecule has 0 aliphatic carbocycles. The van der Waals surface area contributed by atoms with E-state index in [0.717, 1.165) is 5.56 Å². The van der Waals surface area contributed by atoms with Gasteiger partial charge in [-0.3, -0.25) is 0 Å². The number of hydrogen-bond donors (Lipinski definition) is 1. The molecule has 5 heteroatoms. The lowest BCUT2D eigenvalue weighted by Gasteiger charge is -2.17. The zero-order chi connectivity index (χ0) is 12.5. The molecule has 2 rings (SSSR count). The van der Waals surface area contributed by atoms with Crippen LogP contribution in [0.3, 0.4) is 0 Å². The summed E-state index contributed by atoms with van der Waals surface area (Å²) in [4.78, 5) is 4.26. The van der Waals surface area contributed by atoms with Crippen LogP contribution < -0.4 is 5.32 Å². The van der Waals surface area contributed by atoms with E-state index >= 15 is 0 Å². The molecule has 90 valence electrons. The van der Waals surface area contributed by atoms with Crippen molar-refractivity contribution in [3.63, 3.8) is 0 Å². The molecule has 17 heavy (non-hydrogen) atoms. The molecule has 0 aliphatic rings. The molecular weight excluding hydrogens is 238 g/mol. The standard InChI is InChI=1S/C12H14ClN3O/c1-12(2,3)15-11-14-10(16-17-11)8-4-6-9(13)7-5-8/h4-7H,1-3H3,(H,14,15,16). The summed E-state index contributed by atoms with van der Waals surface area (Å²) < 4.78 is 5.12. The Hall–Kier alpha value is -1.55. The number of rotatable bonds is 2. The van der Waals surface area contributed by atoms with Crippen molar-refractivity contribution in [1.82, 2.24) is 10.1 Å². The molecular formula is C12H14ClN3O. The first-order valence-corrected chi connectivity index (χ1v) is 5.70. The van der Waals surface area contributed by atoms with Crippen molar-refractivity contribution < 1.29 is 4.52 Å². The number of nitrogens with one attached hydrogen (secondary N) is 1. The lowest BCUT2D eigenvalue weighted by atomic mass is 10.1. The molecule has 1 heterocycles. The van der Waals surface area contributed by atoms with Crippen molar-refractivity contribution in [2.45, 2.75) is 26.3 Å². The Bertz CT molecular complexity index is 499. The SMILES string of the molecule is CC(C)(C)Nc1nc(-c2ccc(Cl)cc2)no1. The lowest BCUT2D eigenvalue weighted by Crippen LogP contribution is -2.26. The third-order valence-electron chi connectivity index (χ3n) is 2.01. The van der Waals surface area contributed by atoms with E-state index in [1.807, 2.05) is 32.9 Å². The first-order valence-electron chi connectivity index (χ1n) is 5.32. The van der Waals surface area contributed by atoms with Gasteiger partial charge in [0.2, 0.25) is 5.82 Å². The maximum Gasteiger partial charge on any atom is 0.322 e. The second-order valence-corrected chi connectivity index (χ2v) is 5.24. The summed E-state index contributed by atoms with van der Waals surface area (Å²) in [7, 11) is 0. The number of aromatic nitrogens is 2. The van der Waals surface area contributed by atoms with Crippen molar-refractivity contribution in [2.75, 3.05) is 5.32 Å². The quantitative estimate of drug-likeness (QED) is 0.886. The highest BCUT2D eigenvalue weighted by molar-refractivity contribution is 6.30. The van der Waals surface area contributed by atoms with Crippen LogP contribution in [0.5, 0.6) is 0 Å². The minimum atomic E-state index is -0.107. The highest BCUT2D eigenvalue weighted by Crippen LogP contribution is 2.21. The molecule has 1 N–H and O–H groups in total. The highest BCUT2D eigenvalue weighted by atomic mass is 35.5. The van der Waals surface area contributed by atoms with Gasteiger partial charge in [0.25, 0.3) is 0 Å². The summed E-state index contributed by atoms with van der Waals surface area (Å²) in [5, 5.41) is 7.71. The number of hydrogen-bond acceptors (Lipinski definition) is 4. The van der Waals surface area contributed by atoms with Crippen LogP contribution in [-0.4, -0.2) is 15.7 Å². The molecule has 0 unspecified atom stereocenters. The molecule has 2 aromatic rings. The first-order chi connectivity index (χ1) is 7.94. The minimum Gasteiger partial charge on any atom is -0.333 e. The van der Waals surface area contributed by atoms with Crippen molar-refractivity contribution in [2.24, 2.45) is 0 Å². The third kappa shape index (κ3) is 3.20. The van der Waals surface area contributed by atoms with Gasteiger partial charge < -0.3 is 9.84 Å². The molecule has 0 atom stereocenters. The Morgan fingerprint density at radius 3 is 2.41 bits per heavy atom. The first kappa shape index (κ1) is 11.9. The number of nitrogens with zero attached hydrogens (tertiary/aromatic N) is 2. The van der Waals surface area contributed by atoms with E-state index in [9.17, 15) is 0 Å². The van der Waals surface area contributed by atoms with Gasteiger partial charge in [-0.2, -0.15) is 4.98 Å². The van der Waals surface area contributed by atoms with Gasteiger partial charge in [-0.25, -0.2) is 0 Å². The zero-order valence-electron chi connectivity index (χ0n) is 9.99. The number of anilines is 1.